The summed E-state index contributed by atoms with van der Waals surface area (Å²) in [5, 5.41) is 0.689. The van der Waals surface area contributed by atoms with Crippen molar-refractivity contribution in [3.8, 4) is 0 Å². The molecular weight excluding hydrogens is 450 g/mol. The lowest BCUT2D eigenvalue weighted by atomic mass is 10.3. The third-order valence-electron chi connectivity index (χ3n) is 4.34. The second-order valence-corrected chi connectivity index (χ2v) is 8.87. The number of fused-ring (bicyclic) bond motifs is 2. The minimum absolute atomic E-state index is 0. The van der Waals surface area contributed by atoms with Gasteiger partial charge in [-0.3, -0.25) is 9.69 Å². The van der Waals surface area contributed by atoms with E-state index in [1.807, 2.05) is 43.3 Å². The number of carbonyl (C=O) groups excluding carboxylic acids is 1. The zero-order valence-electron chi connectivity index (χ0n) is 16.3. The molecule has 2 aromatic carbocycles. The molecule has 0 saturated heterocycles. The van der Waals surface area contributed by atoms with Crippen LogP contribution in [0.4, 0.5) is 13.9 Å². The largest absolute Gasteiger partial charge is 0.309 e. The SMILES string of the molecule is CN(C)CCCN(C(=O)c1nc2ccccc2s1)c1nc2c(F)cc(F)cc2s1.Cl. The number of aromatic nitrogens is 2. The minimum Gasteiger partial charge on any atom is -0.309 e. The van der Waals surface area contributed by atoms with Gasteiger partial charge in [0, 0.05) is 12.6 Å². The van der Waals surface area contributed by atoms with Gasteiger partial charge >= 0.3 is 0 Å². The van der Waals surface area contributed by atoms with E-state index >= 15 is 0 Å². The van der Waals surface area contributed by atoms with Gasteiger partial charge in [0.05, 0.1) is 14.9 Å². The zero-order valence-corrected chi connectivity index (χ0v) is 18.7. The maximum atomic E-state index is 14.1. The van der Waals surface area contributed by atoms with E-state index in [0.717, 1.165) is 34.2 Å². The zero-order chi connectivity index (χ0) is 20.5. The number of hydrogen-bond acceptors (Lipinski definition) is 6. The number of nitrogens with zero attached hydrogens (tertiary/aromatic N) is 4. The van der Waals surface area contributed by atoms with Crippen molar-refractivity contribution in [1.82, 2.24) is 14.9 Å². The Morgan fingerprint density at radius 2 is 1.80 bits per heavy atom. The Bertz CT molecular complexity index is 1160. The number of amides is 1. The molecule has 0 saturated carbocycles. The van der Waals surface area contributed by atoms with Crippen LogP contribution in [0, 0.1) is 11.6 Å². The highest BCUT2D eigenvalue weighted by Gasteiger charge is 2.25. The average molecular weight is 469 g/mol. The van der Waals surface area contributed by atoms with Crippen molar-refractivity contribution in [2.24, 2.45) is 0 Å². The van der Waals surface area contributed by atoms with E-state index in [1.165, 1.54) is 22.3 Å². The first-order valence-corrected chi connectivity index (χ1v) is 10.6. The molecule has 0 aliphatic carbocycles. The van der Waals surface area contributed by atoms with Crippen molar-refractivity contribution in [1.29, 1.82) is 0 Å². The number of carbonyl (C=O) groups is 1. The van der Waals surface area contributed by atoms with Gasteiger partial charge in [0.25, 0.3) is 5.91 Å². The van der Waals surface area contributed by atoms with Gasteiger partial charge in [0.15, 0.2) is 16.0 Å². The van der Waals surface area contributed by atoms with Crippen LogP contribution in [0.5, 0.6) is 0 Å². The molecule has 0 atom stereocenters. The van der Waals surface area contributed by atoms with E-state index in [4.69, 9.17) is 0 Å². The molecule has 1 amide bonds. The van der Waals surface area contributed by atoms with Gasteiger partial charge in [0.2, 0.25) is 0 Å². The molecule has 4 aromatic rings. The second kappa shape index (κ2) is 9.30. The Morgan fingerprint density at radius 1 is 1.03 bits per heavy atom. The highest BCUT2D eigenvalue weighted by molar-refractivity contribution is 7.23. The molecular formula is C20H19ClF2N4OS2. The molecule has 4 rings (SSSR count). The van der Waals surface area contributed by atoms with Crippen LogP contribution in [0.3, 0.4) is 0 Å². The lowest BCUT2D eigenvalue weighted by Crippen LogP contribution is -2.33. The van der Waals surface area contributed by atoms with Crippen molar-refractivity contribution in [3.63, 3.8) is 0 Å². The number of benzene rings is 2. The van der Waals surface area contributed by atoms with Crippen LogP contribution >= 0.6 is 35.1 Å². The van der Waals surface area contributed by atoms with Crippen LogP contribution in [-0.4, -0.2) is 48.0 Å². The summed E-state index contributed by atoms with van der Waals surface area (Å²) >= 11 is 2.41. The topological polar surface area (TPSA) is 49.3 Å². The fourth-order valence-corrected chi connectivity index (χ4v) is 4.91. The molecule has 2 aromatic heterocycles. The van der Waals surface area contributed by atoms with Crippen LogP contribution < -0.4 is 4.90 Å². The maximum absolute atomic E-state index is 14.1. The highest BCUT2D eigenvalue weighted by atomic mass is 35.5. The normalized spacial score (nSPS) is 11.2. The number of para-hydroxylation sites is 1. The van der Waals surface area contributed by atoms with E-state index in [-0.39, 0.29) is 23.8 Å². The molecule has 158 valence electrons. The van der Waals surface area contributed by atoms with Crippen molar-refractivity contribution in [2.45, 2.75) is 6.42 Å². The fraction of sp³-hybridized carbons (Fsp3) is 0.250. The first-order valence-electron chi connectivity index (χ1n) is 9.00. The predicted molar refractivity (Wildman–Crippen MR) is 121 cm³/mol. The van der Waals surface area contributed by atoms with Gasteiger partial charge in [-0.05, 0) is 45.3 Å². The minimum atomic E-state index is -0.733. The summed E-state index contributed by atoms with van der Waals surface area (Å²) in [4.78, 5) is 25.6. The lowest BCUT2D eigenvalue weighted by molar-refractivity contribution is 0.0986. The number of hydrogen-bond donors (Lipinski definition) is 0. The quantitative estimate of drug-likeness (QED) is 0.390. The summed E-state index contributed by atoms with van der Waals surface area (Å²) in [6.45, 7) is 1.17. The molecule has 30 heavy (non-hydrogen) atoms. The van der Waals surface area contributed by atoms with Gasteiger partial charge in [0.1, 0.15) is 11.3 Å². The van der Waals surface area contributed by atoms with Crippen molar-refractivity contribution >= 4 is 66.6 Å². The molecule has 0 fully saturated rings. The summed E-state index contributed by atoms with van der Waals surface area (Å²) in [5.74, 6) is -1.69. The van der Waals surface area contributed by atoms with Crippen LogP contribution in [0.1, 0.15) is 16.2 Å². The lowest BCUT2D eigenvalue weighted by Gasteiger charge is -2.19. The summed E-state index contributed by atoms with van der Waals surface area (Å²) in [6, 6.07) is 9.58. The van der Waals surface area contributed by atoms with Crippen molar-refractivity contribution in [2.75, 3.05) is 32.1 Å². The van der Waals surface area contributed by atoms with Gasteiger partial charge in [-0.1, -0.05) is 23.5 Å². The van der Waals surface area contributed by atoms with Crippen molar-refractivity contribution < 1.29 is 13.6 Å². The van der Waals surface area contributed by atoms with Crippen LogP contribution in [-0.2, 0) is 0 Å². The molecule has 0 N–H and O–H groups in total. The monoisotopic (exact) mass is 468 g/mol. The molecule has 0 aliphatic heterocycles. The van der Waals surface area contributed by atoms with Crippen LogP contribution in [0.25, 0.3) is 20.4 Å². The second-order valence-electron chi connectivity index (χ2n) is 6.83. The number of anilines is 1. The number of rotatable bonds is 6. The average Bonchev–Trinajstić information content (AvgIpc) is 3.28. The molecule has 0 unspecified atom stereocenters. The molecule has 0 bridgehead atoms. The first kappa shape index (κ1) is 22.5. The first-order chi connectivity index (χ1) is 13.9. The predicted octanol–water partition coefficient (Wildman–Crippen LogP) is 5.20. The standard InChI is InChI=1S/C20H18F2N4OS2.ClH/c1-25(2)8-5-9-26(19(27)18-23-14-6-3-4-7-15(14)28-18)20-24-17-13(22)10-12(21)11-16(17)29-20;/h3-4,6-7,10-11H,5,8-9H2,1-2H3;1H. The number of halogens is 3. The Kier molecular flexibility index (Phi) is 6.97. The molecule has 10 heteroatoms. The summed E-state index contributed by atoms with van der Waals surface area (Å²) in [7, 11) is 3.91. The molecule has 0 radical (unpaired) electrons. The van der Waals surface area contributed by atoms with E-state index in [1.54, 1.807) is 0 Å². The molecule has 5 nitrogen and oxygen atoms in total. The van der Waals surface area contributed by atoms with Gasteiger partial charge in [-0.15, -0.1) is 23.7 Å². The van der Waals surface area contributed by atoms with Gasteiger partial charge in [-0.25, -0.2) is 18.7 Å². The summed E-state index contributed by atoms with van der Waals surface area (Å²) < 4.78 is 29.0. The van der Waals surface area contributed by atoms with E-state index in [2.05, 4.69) is 9.97 Å². The number of thiazole rings is 2. The Morgan fingerprint density at radius 3 is 2.53 bits per heavy atom. The summed E-state index contributed by atoms with van der Waals surface area (Å²) in [6.07, 6.45) is 0.705. The van der Waals surface area contributed by atoms with E-state index in [0.29, 0.717) is 27.8 Å². The van der Waals surface area contributed by atoms with E-state index < -0.39 is 11.6 Å². The molecule has 0 aliphatic rings. The Hall–Kier alpha value is -2.20. The van der Waals surface area contributed by atoms with Gasteiger partial charge < -0.3 is 4.90 Å². The molecule has 0 spiro atoms. The van der Waals surface area contributed by atoms with Crippen LogP contribution in [0.15, 0.2) is 36.4 Å². The van der Waals surface area contributed by atoms with E-state index in [9.17, 15) is 13.6 Å². The fourth-order valence-electron chi connectivity index (χ4n) is 2.97. The maximum Gasteiger partial charge on any atom is 0.289 e. The Balaban J connectivity index is 0.00000256. The van der Waals surface area contributed by atoms with Gasteiger partial charge in [-0.2, -0.15) is 0 Å². The third kappa shape index (κ3) is 4.59. The smallest absolute Gasteiger partial charge is 0.289 e. The highest BCUT2D eigenvalue weighted by Crippen LogP contribution is 2.33. The summed E-state index contributed by atoms with van der Waals surface area (Å²) in [5.41, 5.74) is 0.826. The molecule has 2 heterocycles. The van der Waals surface area contributed by atoms with Crippen molar-refractivity contribution in [3.05, 3.63) is 53.0 Å². The van der Waals surface area contributed by atoms with Crippen LogP contribution in [0.2, 0.25) is 0 Å². The Labute approximate surface area is 186 Å². The third-order valence-corrected chi connectivity index (χ3v) is 6.39.